The van der Waals surface area contributed by atoms with Crippen LogP contribution in [0.5, 0.6) is 0 Å². The minimum absolute atomic E-state index is 0.250. The molecule has 0 unspecified atom stereocenters. The van der Waals surface area contributed by atoms with Gasteiger partial charge in [-0.25, -0.2) is 9.37 Å². The summed E-state index contributed by atoms with van der Waals surface area (Å²) in [6, 6.07) is 16.7. The van der Waals surface area contributed by atoms with Crippen molar-refractivity contribution >= 4 is 11.3 Å². The highest BCUT2D eigenvalue weighted by atomic mass is 32.1. The van der Waals surface area contributed by atoms with E-state index in [0.717, 1.165) is 27.6 Å². The van der Waals surface area contributed by atoms with Crippen LogP contribution in [0.4, 0.5) is 4.39 Å². The molecule has 0 saturated heterocycles. The first-order chi connectivity index (χ1) is 10.3. The highest BCUT2D eigenvalue weighted by Gasteiger charge is 2.13. The lowest BCUT2D eigenvalue weighted by Crippen LogP contribution is -1.94. The van der Waals surface area contributed by atoms with Gasteiger partial charge in [0.05, 0.1) is 5.69 Å². The van der Waals surface area contributed by atoms with Crippen molar-refractivity contribution in [3.8, 4) is 11.3 Å². The van der Waals surface area contributed by atoms with E-state index >= 15 is 0 Å². The van der Waals surface area contributed by atoms with Crippen molar-refractivity contribution in [1.29, 1.82) is 0 Å². The van der Waals surface area contributed by atoms with Crippen molar-refractivity contribution in [1.82, 2.24) is 4.98 Å². The molecule has 1 heterocycles. The summed E-state index contributed by atoms with van der Waals surface area (Å²) in [5.74, 6) is -0.250. The van der Waals surface area contributed by atoms with Crippen molar-refractivity contribution in [2.75, 3.05) is 0 Å². The molecule has 0 aliphatic rings. The Morgan fingerprint density at radius 3 is 2.57 bits per heavy atom. The maximum atomic E-state index is 13.5. The summed E-state index contributed by atoms with van der Waals surface area (Å²) >= 11 is 1.60. The molecule has 0 saturated carbocycles. The SMILES string of the molecule is NCc1nc(-c2cccc(F)c2)c(Cc2ccccc2)s1. The summed E-state index contributed by atoms with van der Waals surface area (Å²) in [4.78, 5) is 5.68. The minimum atomic E-state index is -0.250. The zero-order chi connectivity index (χ0) is 14.7. The summed E-state index contributed by atoms with van der Waals surface area (Å²) in [5.41, 5.74) is 8.56. The molecule has 21 heavy (non-hydrogen) atoms. The van der Waals surface area contributed by atoms with Crippen LogP contribution in [0.2, 0.25) is 0 Å². The van der Waals surface area contributed by atoms with Gasteiger partial charge in [0, 0.05) is 23.4 Å². The zero-order valence-electron chi connectivity index (χ0n) is 11.4. The topological polar surface area (TPSA) is 38.9 Å². The monoisotopic (exact) mass is 298 g/mol. The van der Waals surface area contributed by atoms with Crippen LogP contribution in [0.15, 0.2) is 54.6 Å². The fourth-order valence-corrected chi connectivity index (χ4v) is 3.25. The summed E-state index contributed by atoms with van der Waals surface area (Å²) < 4.78 is 13.5. The number of hydrogen-bond acceptors (Lipinski definition) is 3. The molecule has 0 fully saturated rings. The molecule has 3 rings (SSSR count). The standard InChI is InChI=1S/C17H15FN2S/c18-14-8-4-7-13(10-14)17-15(21-16(11-19)20-17)9-12-5-2-1-3-6-12/h1-8,10H,9,11,19H2. The molecule has 2 aromatic carbocycles. The second kappa shape index (κ2) is 6.16. The number of thiazole rings is 1. The molecule has 0 aliphatic heterocycles. The molecule has 4 heteroatoms. The van der Waals surface area contributed by atoms with Gasteiger partial charge >= 0.3 is 0 Å². The Labute approximate surface area is 127 Å². The third-order valence-electron chi connectivity index (χ3n) is 3.22. The molecule has 0 radical (unpaired) electrons. The maximum Gasteiger partial charge on any atom is 0.123 e. The normalized spacial score (nSPS) is 10.8. The molecule has 2 nitrogen and oxygen atoms in total. The van der Waals surface area contributed by atoms with E-state index in [-0.39, 0.29) is 5.82 Å². The first-order valence-electron chi connectivity index (χ1n) is 6.75. The average molecular weight is 298 g/mol. The van der Waals surface area contributed by atoms with Gasteiger partial charge in [0.15, 0.2) is 0 Å². The summed E-state index contributed by atoms with van der Waals surface area (Å²) in [6.45, 7) is 0.405. The summed E-state index contributed by atoms with van der Waals surface area (Å²) in [5, 5.41) is 0.875. The fourth-order valence-electron chi connectivity index (χ4n) is 2.25. The van der Waals surface area contributed by atoms with E-state index in [0.29, 0.717) is 6.54 Å². The molecule has 3 aromatic rings. The molecular weight excluding hydrogens is 283 g/mol. The summed E-state index contributed by atoms with van der Waals surface area (Å²) in [7, 11) is 0. The third-order valence-corrected chi connectivity index (χ3v) is 4.30. The van der Waals surface area contributed by atoms with E-state index in [4.69, 9.17) is 5.73 Å². The van der Waals surface area contributed by atoms with Gasteiger partial charge in [0.2, 0.25) is 0 Å². The van der Waals surface area contributed by atoms with E-state index in [2.05, 4.69) is 17.1 Å². The molecule has 106 valence electrons. The van der Waals surface area contributed by atoms with Crippen molar-refractivity contribution in [2.24, 2.45) is 5.73 Å². The van der Waals surface area contributed by atoms with Crippen LogP contribution < -0.4 is 5.73 Å². The molecule has 0 bridgehead atoms. The molecule has 0 atom stereocenters. The van der Waals surface area contributed by atoms with Gasteiger partial charge in [0.1, 0.15) is 10.8 Å². The van der Waals surface area contributed by atoms with Crippen LogP contribution in [0.25, 0.3) is 11.3 Å². The Morgan fingerprint density at radius 2 is 1.86 bits per heavy atom. The Morgan fingerprint density at radius 1 is 1.05 bits per heavy atom. The third kappa shape index (κ3) is 3.17. The molecule has 0 amide bonds. The van der Waals surface area contributed by atoms with Gasteiger partial charge in [-0.2, -0.15) is 0 Å². The lowest BCUT2D eigenvalue weighted by atomic mass is 10.1. The summed E-state index contributed by atoms with van der Waals surface area (Å²) in [6.07, 6.45) is 0.782. The smallest absolute Gasteiger partial charge is 0.123 e. The number of nitrogens with zero attached hydrogens (tertiary/aromatic N) is 1. The molecule has 0 aliphatic carbocycles. The van der Waals surface area contributed by atoms with Crippen LogP contribution >= 0.6 is 11.3 Å². The molecule has 2 N–H and O–H groups in total. The van der Waals surface area contributed by atoms with Crippen molar-refractivity contribution < 1.29 is 4.39 Å². The first-order valence-corrected chi connectivity index (χ1v) is 7.56. The second-order valence-electron chi connectivity index (χ2n) is 4.76. The van der Waals surface area contributed by atoms with Gasteiger partial charge < -0.3 is 5.73 Å². The fraction of sp³-hybridized carbons (Fsp3) is 0.118. The van der Waals surface area contributed by atoms with Crippen molar-refractivity contribution in [3.05, 3.63) is 75.9 Å². The quantitative estimate of drug-likeness (QED) is 0.790. The second-order valence-corrected chi connectivity index (χ2v) is 5.92. The molecular formula is C17H15FN2S. The zero-order valence-corrected chi connectivity index (χ0v) is 12.2. The van der Waals surface area contributed by atoms with E-state index < -0.39 is 0 Å². The molecule has 1 aromatic heterocycles. The van der Waals surface area contributed by atoms with Gasteiger partial charge in [-0.3, -0.25) is 0 Å². The van der Waals surface area contributed by atoms with E-state index in [1.165, 1.54) is 17.7 Å². The minimum Gasteiger partial charge on any atom is -0.325 e. The predicted molar refractivity (Wildman–Crippen MR) is 84.6 cm³/mol. The highest BCUT2D eigenvalue weighted by molar-refractivity contribution is 7.12. The van der Waals surface area contributed by atoms with Gasteiger partial charge in [0.25, 0.3) is 0 Å². The lowest BCUT2D eigenvalue weighted by Gasteiger charge is -2.03. The highest BCUT2D eigenvalue weighted by Crippen LogP contribution is 2.30. The van der Waals surface area contributed by atoms with Crippen LogP contribution in [0.3, 0.4) is 0 Å². The predicted octanol–water partition coefficient (Wildman–Crippen LogP) is 4.00. The van der Waals surface area contributed by atoms with Crippen molar-refractivity contribution in [2.45, 2.75) is 13.0 Å². The first kappa shape index (κ1) is 13.9. The van der Waals surface area contributed by atoms with E-state index in [9.17, 15) is 4.39 Å². The maximum absolute atomic E-state index is 13.5. The number of halogens is 1. The van der Waals surface area contributed by atoms with Crippen LogP contribution in [0.1, 0.15) is 15.4 Å². The lowest BCUT2D eigenvalue weighted by molar-refractivity contribution is 0.628. The number of aromatic nitrogens is 1. The molecule has 0 spiro atoms. The Balaban J connectivity index is 2.02. The van der Waals surface area contributed by atoms with Crippen LogP contribution in [-0.2, 0) is 13.0 Å². The van der Waals surface area contributed by atoms with Crippen LogP contribution in [0, 0.1) is 5.82 Å². The largest absolute Gasteiger partial charge is 0.325 e. The number of benzene rings is 2. The van der Waals surface area contributed by atoms with Crippen molar-refractivity contribution in [3.63, 3.8) is 0 Å². The Bertz CT molecular complexity index is 738. The number of hydrogen-bond donors (Lipinski definition) is 1. The van der Waals surface area contributed by atoms with E-state index in [1.54, 1.807) is 17.4 Å². The van der Waals surface area contributed by atoms with E-state index in [1.807, 2.05) is 24.3 Å². The average Bonchev–Trinajstić information content (AvgIpc) is 2.91. The van der Waals surface area contributed by atoms with Gasteiger partial charge in [-0.05, 0) is 17.7 Å². The van der Waals surface area contributed by atoms with Gasteiger partial charge in [-0.1, -0.05) is 42.5 Å². The number of rotatable bonds is 4. The Hall–Kier alpha value is -2.04. The van der Waals surface area contributed by atoms with Gasteiger partial charge in [-0.15, -0.1) is 11.3 Å². The number of nitrogens with two attached hydrogens (primary N) is 1. The van der Waals surface area contributed by atoms with Crippen LogP contribution in [-0.4, -0.2) is 4.98 Å². The Kier molecular flexibility index (Phi) is 4.08.